The van der Waals surface area contributed by atoms with Crippen LogP contribution in [0, 0.1) is 0 Å². The van der Waals surface area contributed by atoms with Crippen molar-refractivity contribution in [3.05, 3.63) is 18.6 Å². The van der Waals surface area contributed by atoms with Crippen molar-refractivity contribution in [3.63, 3.8) is 0 Å². The highest BCUT2D eigenvalue weighted by Gasteiger charge is 2.25. The van der Waals surface area contributed by atoms with E-state index in [0.717, 1.165) is 36.7 Å². The molecule has 0 amide bonds. The zero-order chi connectivity index (χ0) is 11.0. The number of fused-ring (bicyclic) bond motifs is 1. The van der Waals surface area contributed by atoms with Crippen LogP contribution in [-0.2, 0) is 0 Å². The summed E-state index contributed by atoms with van der Waals surface area (Å²) in [5.41, 5.74) is 0.916. The van der Waals surface area contributed by atoms with Crippen molar-refractivity contribution in [2.75, 3.05) is 24.8 Å². The number of hydrogen-bond donors (Lipinski definition) is 1. The van der Waals surface area contributed by atoms with Crippen LogP contribution >= 0.6 is 0 Å². The summed E-state index contributed by atoms with van der Waals surface area (Å²) in [6.45, 7) is 5.33. The zero-order valence-electron chi connectivity index (χ0n) is 9.35. The SMILES string of the molecule is CCCN1CN(c2ncnc3[nH]ccc23)C1. The van der Waals surface area contributed by atoms with Gasteiger partial charge in [0.2, 0.25) is 0 Å². The molecule has 0 radical (unpaired) electrons. The van der Waals surface area contributed by atoms with E-state index in [-0.39, 0.29) is 0 Å². The fourth-order valence-electron chi connectivity index (χ4n) is 2.14. The second-order valence-electron chi connectivity index (χ2n) is 4.15. The molecule has 16 heavy (non-hydrogen) atoms. The van der Waals surface area contributed by atoms with Crippen molar-refractivity contribution in [1.29, 1.82) is 0 Å². The predicted molar refractivity (Wildman–Crippen MR) is 63.1 cm³/mol. The molecule has 5 heteroatoms. The van der Waals surface area contributed by atoms with Gasteiger partial charge in [-0.25, -0.2) is 9.97 Å². The molecule has 0 bridgehead atoms. The molecule has 2 aromatic rings. The van der Waals surface area contributed by atoms with Gasteiger partial charge in [-0.1, -0.05) is 6.92 Å². The third-order valence-electron chi connectivity index (χ3n) is 2.91. The first-order valence-electron chi connectivity index (χ1n) is 5.64. The first-order chi connectivity index (χ1) is 7.88. The van der Waals surface area contributed by atoms with Crippen LogP contribution in [0.4, 0.5) is 5.82 Å². The fraction of sp³-hybridized carbons (Fsp3) is 0.455. The summed E-state index contributed by atoms with van der Waals surface area (Å²) >= 11 is 0. The Balaban J connectivity index is 1.83. The summed E-state index contributed by atoms with van der Waals surface area (Å²) in [4.78, 5) is 16.3. The maximum Gasteiger partial charge on any atom is 0.143 e. The van der Waals surface area contributed by atoms with E-state index in [2.05, 4.69) is 31.7 Å². The molecule has 1 saturated heterocycles. The molecule has 0 saturated carbocycles. The second kappa shape index (κ2) is 3.75. The highest BCUT2D eigenvalue weighted by molar-refractivity contribution is 5.87. The normalized spacial score (nSPS) is 16.7. The molecule has 0 unspecified atom stereocenters. The van der Waals surface area contributed by atoms with Crippen molar-refractivity contribution in [2.45, 2.75) is 13.3 Å². The molecule has 3 heterocycles. The molecule has 1 aliphatic rings. The van der Waals surface area contributed by atoms with Gasteiger partial charge in [0.25, 0.3) is 0 Å². The van der Waals surface area contributed by atoms with Gasteiger partial charge in [-0.2, -0.15) is 0 Å². The third kappa shape index (κ3) is 1.44. The Kier molecular flexibility index (Phi) is 2.25. The summed E-state index contributed by atoms with van der Waals surface area (Å²) in [6, 6.07) is 2.03. The summed E-state index contributed by atoms with van der Waals surface area (Å²) < 4.78 is 0. The number of rotatable bonds is 3. The highest BCUT2D eigenvalue weighted by Crippen LogP contribution is 2.25. The van der Waals surface area contributed by atoms with Crippen molar-refractivity contribution in [1.82, 2.24) is 19.9 Å². The van der Waals surface area contributed by atoms with E-state index >= 15 is 0 Å². The molecule has 1 N–H and O–H groups in total. The Bertz CT molecular complexity index is 486. The van der Waals surface area contributed by atoms with Gasteiger partial charge in [-0.05, 0) is 12.5 Å². The number of H-pyrrole nitrogens is 1. The van der Waals surface area contributed by atoms with Crippen molar-refractivity contribution >= 4 is 16.9 Å². The number of hydrogen-bond acceptors (Lipinski definition) is 4. The lowest BCUT2D eigenvalue weighted by Crippen LogP contribution is -2.55. The van der Waals surface area contributed by atoms with E-state index < -0.39 is 0 Å². The van der Waals surface area contributed by atoms with Gasteiger partial charge >= 0.3 is 0 Å². The number of anilines is 1. The maximum atomic E-state index is 4.36. The molecule has 0 aliphatic carbocycles. The molecule has 3 rings (SSSR count). The van der Waals surface area contributed by atoms with Gasteiger partial charge in [0.1, 0.15) is 17.8 Å². The van der Waals surface area contributed by atoms with Crippen LogP contribution in [0.5, 0.6) is 0 Å². The Labute approximate surface area is 94.1 Å². The van der Waals surface area contributed by atoms with Gasteiger partial charge < -0.3 is 9.88 Å². The Morgan fingerprint density at radius 1 is 1.38 bits per heavy atom. The zero-order valence-corrected chi connectivity index (χ0v) is 9.35. The minimum Gasteiger partial charge on any atom is -0.346 e. The predicted octanol–water partition coefficient (Wildman–Crippen LogP) is 1.40. The molecule has 5 nitrogen and oxygen atoms in total. The smallest absolute Gasteiger partial charge is 0.143 e. The van der Waals surface area contributed by atoms with E-state index in [4.69, 9.17) is 0 Å². The lowest BCUT2D eigenvalue weighted by molar-refractivity contribution is 0.184. The van der Waals surface area contributed by atoms with Crippen LogP contribution < -0.4 is 4.90 Å². The van der Waals surface area contributed by atoms with Crippen LogP contribution in [0.25, 0.3) is 11.0 Å². The van der Waals surface area contributed by atoms with Crippen molar-refractivity contribution in [3.8, 4) is 0 Å². The van der Waals surface area contributed by atoms with Gasteiger partial charge in [0, 0.05) is 12.7 Å². The molecule has 84 valence electrons. The first kappa shape index (κ1) is 9.59. The number of nitrogens with one attached hydrogen (secondary N) is 1. The van der Waals surface area contributed by atoms with E-state index in [0.29, 0.717) is 0 Å². The molecule has 0 aromatic carbocycles. The molecule has 1 fully saturated rings. The minimum atomic E-state index is 0.916. The van der Waals surface area contributed by atoms with E-state index in [1.54, 1.807) is 6.33 Å². The summed E-state index contributed by atoms with van der Waals surface area (Å²) in [5.74, 6) is 1.04. The van der Waals surface area contributed by atoms with Crippen molar-refractivity contribution < 1.29 is 0 Å². The van der Waals surface area contributed by atoms with Gasteiger partial charge in [-0.15, -0.1) is 0 Å². The number of nitrogens with zero attached hydrogens (tertiary/aromatic N) is 4. The van der Waals surface area contributed by atoms with E-state index in [1.165, 1.54) is 6.42 Å². The third-order valence-corrected chi connectivity index (χ3v) is 2.91. The molecular weight excluding hydrogens is 202 g/mol. The average Bonchev–Trinajstić information content (AvgIpc) is 2.70. The Hall–Kier alpha value is -1.62. The fourth-order valence-corrected chi connectivity index (χ4v) is 2.14. The molecule has 1 aliphatic heterocycles. The lowest BCUT2D eigenvalue weighted by atomic mass is 10.3. The summed E-state index contributed by atoms with van der Waals surface area (Å²) in [5, 5.41) is 1.11. The van der Waals surface area contributed by atoms with E-state index in [9.17, 15) is 0 Å². The Morgan fingerprint density at radius 3 is 3.06 bits per heavy atom. The lowest BCUT2D eigenvalue weighted by Gasteiger charge is -2.43. The molecule has 0 atom stereocenters. The Morgan fingerprint density at radius 2 is 2.25 bits per heavy atom. The van der Waals surface area contributed by atoms with E-state index in [1.807, 2.05) is 12.3 Å². The van der Waals surface area contributed by atoms with Gasteiger partial charge in [0.15, 0.2) is 0 Å². The van der Waals surface area contributed by atoms with Crippen LogP contribution in [-0.4, -0.2) is 39.7 Å². The molecule has 0 spiro atoms. The van der Waals surface area contributed by atoms with Crippen LogP contribution in [0.1, 0.15) is 13.3 Å². The average molecular weight is 217 g/mol. The van der Waals surface area contributed by atoms with Gasteiger partial charge in [0.05, 0.1) is 18.7 Å². The molecular formula is C11H15N5. The molecule has 2 aromatic heterocycles. The van der Waals surface area contributed by atoms with Crippen LogP contribution in [0.3, 0.4) is 0 Å². The van der Waals surface area contributed by atoms with Gasteiger partial charge in [-0.3, -0.25) is 4.90 Å². The summed E-state index contributed by atoms with van der Waals surface area (Å²) in [7, 11) is 0. The minimum absolute atomic E-state index is 0.916. The standard InChI is InChI=1S/C11H15N5/c1-2-5-15-7-16(8-15)11-9-3-4-12-10(9)13-6-14-11/h3-4,6H,2,5,7-8H2,1H3,(H,12,13,14). The van der Waals surface area contributed by atoms with Crippen molar-refractivity contribution in [2.24, 2.45) is 0 Å². The number of aromatic amines is 1. The summed E-state index contributed by atoms with van der Waals surface area (Å²) in [6.07, 6.45) is 4.74. The van der Waals surface area contributed by atoms with Crippen LogP contribution in [0.2, 0.25) is 0 Å². The number of aromatic nitrogens is 3. The monoisotopic (exact) mass is 217 g/mol. The first-order valence-corrected chi connectivity index (χ1v) is 5.64. The largest absolute Gasteiger partial charge is 0.346 e. The van der Waals surface area contributed by atoms with Crippen LogP contribution in [0.15, 0.2) is 18.6 Å². The maximum absolute atomic E-state index is 4.36. The second-order valence-corrected chi connectivity index (χ2v) is 4.15. The quantitative estimate of drug-likeness (QED) is 0.844. The topological polar surface area (TPSA) is 48.1 Å². The highest BCUT2D eigenvalue weighted by atomic mass is 15.5.